The first-order chi connectivity index (χ1) is 6.65. The molecule has 0 bridgehead atoms. The van der Waals surface area contributed by atoms with E-state index >= 15 is 0 Å². The van der Waals surface area contributed by atoms with Crippen molar-refractivity contribution in [3.05, 3.63) is 34.9 Å². The molecule has 1 rings (SSSR count). The molecule has 0 aliphatic heterocycles. The normalized spacial score (nSPS) is 10.1. The SMILES string of the molecule is CCOCc1ccc(C)cc1C(=O)O. The second kappa shape index (κ2) is 4.77. The standard InChI is InChI=1S/C11H14O3/c1-3-14-7-9-5-4-8(2)6-10(9)11(12)13/h4-6H,3,7H2,1-2H3,(H,12,13). The molecular formula is C11H14O3. The fourth-order valence-corrected chi connectivity index (χ4v) is 1.23. The molecule has 0 radical (unpaired) electrons. The lowest BCUT2D eigenvalue weighted by Crippen LogP contribution is -2.04. The van der Waals surface area contributed by atoms with Gasteiger partial charge in [-0.3, -0.25) is 0 Å². The lowest BCUT2D eigenvalue weighted by atomic mass is 10.1. The Morgan fingerprint density at radius 2 is 2.21 bits per heavy atom. The number of carbonyl (C=O) groups is 1. The van der Waals surface area contributed by atoms with Crippen LogP contribution in [0.3, 0.4) is 0 Å². The fourth-order valence-electron chi connectivity index (χ4n) is 1.23. The van der Waals surface area contributed by atoms with Crippen molar-refractivity contribution in [3.8, 4) is 0 Å². The smallest absolute Gasteiger partial charge is 0.336 e. The highest BCUT2D eigenvalue weighted by molar-refractivity contribution is 5.89. The van der Waals surface area contributed by atoms with Gasteiger partial charge in [0.1, 0.15) is 0 Å². The van der Waals surface area contributed by atoms with Gasteiger partial charge in [-0.1, -0.05) is 17.7 Å². The first-order valence-corrected chi connectivity index (χ1v) is 4.55. The maximum atomic E-state index is 10.9. The lowest BCUT2D eigenvalue weighted by molar-refractivity contribution is 0.0688. The Labute approximate surface area is 83.3 Å². The highest BCUT2D eigenvalue weighted by Crippen LogP contribution is 2.12. The molecule has 1 N–H and O–H groups in total. The van der Waals surface area contributed by atoms with Crippen LogP contribution in [0.25, 0.3) is 0 Å². The van der Waals surface area contributed by atoms with Crippen LogP contribution in [0.2, 0.25) is 0 Å². The summed E-state index contributed by atoms with van der Waals surface area (Å²) in [5.41, 5.74) is 2.01. The Balaban J connectivity index is 2.96. The van der Waals surface area contributed by atoms with E-state index in [2.05, 4.69) is 0 Å². The summed E-state index contributed by atoms with van der Waals surface area (Å²) in [5.74, 6) is -0.900. The Bertz CT molecular complexity index is 331. The molecule has 1 aromatic rings. The Hall–Kier alpha value is -1.35. The van der Waals surface area contributed by atoms with E-state index in [1.54, 1.807) is 12.1 Å². The Morgan fingerprint density at radius 1 is 1.50 bits per heavy atom. The van der Waals surface area contributed by atoms with E-state index in [0.717, 1.165) is 11.1 Å². The number of hydrogen-bond donors (Lipinski definition) is 1. The van der Waals surface area contributed by atoms with Gasteiger partial charge in [-0.25, -0.2) is 4.79 Å². The minimum absolute atomic E-state index is 0.332. The van der Waals surface area contributed by atoms with Gasteiger partial charge in [0.25, 0.3) is 0 Å². The van der Waals surface area contributed by atoms with Crippen LogP contribution in [0.15, 0.2) is 18.2 Å². The van der Waals surface area contributed by atoms with Crippen molar-refractivity contribution < 1.29 is 14.6 Å². The summed E-state index contributed by atoms with van der Waals surface area (Å²) in [4.78, 5) is 10.9. The quantitative estimate of drug-likeness (QED) is 0.799. The zero-order valence-electron chi connectivity index (χ0n) is 8.41. The third-order valence-corrected chi connectivity index (χ3v) is 1.96. The van der Waals surface area contributed by atoms with Crippen molar-refractivity contribution >= 4 is 5.97 Å². The monoisotopic (exact) mass is 194 g/mol. The Morgan fingerprint density at radius 3 is 2.79 bits per heavy atom. The molecule has 0 fully saturated rings. The lowest BCUT2D eigenvalue weighted by Gasteiger charge is -2.06. The Kier molecular flexibility index (Phi) is 3.65. The minimum atomic E-state index is -0.900. The molecule has 3 nitrogen and oxygen atoms in total. The van der Waals surface area contributed by atoms with Gasteiger partial charge in [0, 0.05) is 6.61 Å². The molecule has 0 unspecified atom stereocenters. The number of aryl methyl sites for hydroxylation is 1. The van der Waals surface area contributed by atoms with Crippen LogP contribution in [-0.2, 0) is 11.3 Å². The molecule has 14 heavy (non-hydrogen) atoms. The number of aromatic carboxylic acids is 1. The van der Waals surface area contributed by atoms with Crippen LogP contribution in [-0.4, -0.2) is 17.7 Å². The maximum absolute atomic E-state index is 10.9. The van der Waals surface area contributed by atoms with Gasteiger partial charge in [-0.05, 0) is 25.5 Å². The van der Waals surface area contributed by atoms with Crippen molar-refractivity contribution in [1.82, 2.24) is 0 Å². The van der Waals surface area contributed by atoms with Crippen molar-refractivity contribution in [2.24, 2.45) is 0 Å². The van der Waals surface area contributed by atoms with Crippen LogP contribution in [0, 0.1) is 6.92 Å². The molecule has 0 aliphatic rings. The average molecular weight is 194 g/mol. The van der Waals surface area contributed by atoms with Gasteiger partial charge in [-0.15, -0.1) is 0 Å². The number of hydrogen-bond acceptors (Lipinski definition) is 2. The van der Waals surface area contributed by atoms with Crippen LogP contribution in [0.4, 0.5) is 0 Å². The van der Waals surface area contributed by atoms with Gasteiger partial charge >= 0.3 is 5.97 Å². The van der Waals surface area contributed by atoms with E-state index in [0.29, 0.717) is 18.8 Å². The molecule has 0 spiro atoms. The van der Waals surface area contributed by atoms with E-state index in [4.69, 9.17) is 9.84 Å². The number of benzene rings is 1. The van der Waals surface area contributed by atoms with Crippen LogP contribution in [0.1, 0.15) is 28.4 Å². The van der Waals surface area contributed by atoms with Crippen LogP contribution >= 0.6 is 0 Å². The molecule has 3 heteroatoms. The first-order valence-electron chi connectivity index (χ1n) is 4.55. The molecule has 0 saturated heterocycles. The predicted octanol–water partition coefficient (Wildman–Crippen LogP) is 2.23. The zero-order valence-corrected chi connectivity index (χ0v) is 8.41. The highest BCUT2D eigenvalue weighted by atomic mass is 16.5. The predicted molar refractivity (Wildman–Crippen MR) is 53.5 cm³/mol. The van der Waals surface area contributed by atoms with Gasteiger partial charge in [0.2, 0.25) is 0 Å². The van der Waals surface area contributed by atoms with Gasteiger partial charge < -0.3 is 9.84 Å². The van der Waals surface area contributed by atoms with Gasteiger partial charge in [0.15, 0.2) is 0 Å². The van der Waals surface area contributed by atoms with E-state index in [1.165, 1.54) is 0 Å². The van der Waals surface area contributed by atoms with Crippen molar-refractivity contribution in [3.63, 3.8) is 0 Å². The van der Waals surface area contributed by atoms with E-state index in [-0.39, 0.29) is 0 Å². The third kappa shape index (κ3) is 2.57. The van der Waals surface area contributed by atoms with Crippen molar-refractivity contribution in [2.45, 2.75) is 20.5 Å². The molecular weight excluding hydrogens is 180 g/mol. The number of carboxylic acid groups (broad SMARTS) is 1. The van der Waals surface area contributed by atoms with Crippen molar-refractivity contribution in [1.29, 1.82) is 0 Å². The summed E-state index contributed by atoms with van der Waals surface area (Å²) in [5, 5.41) is 8.93. The summed E-state index contributed by atoms with van der Waals surface area (Å²) in [6.45, 7) is 4.71. The molecule has 0 saturated carbocycles. The molecule has 76 valence electrons. The van der Waals surface area contributed by atoms with E-state index in [9.17, 15) is 4.79 Å². The summed E-state index contributed by atoms with van der Waals surface area (Å²) < 4.78 is 5.19. The number of rotatable bonds is 4. The summed E-state index contributed by atoms with van der Waals surface area (Å²) in [6, 6.07) is 5.35. The minimum Gasteiger partial charge on any atom is -0.478 e. The van der Waals surface area contributed by atoms with E-state index in [1.807, 2.05) is 19.9 Å². The second-order valence-corrected chi connectivity index (χ2v) is 3.10. The van der Waals surface area contributed by atoms with Crippen molar-refractivity contribution in [2.75, 3.05) is 6.61 Å². The highest BCUT2D eigenvalue weighted by Gasteiger charge is 2.09. The van der Waals surface area contributed by atoms with Gasteiger partial charge in [-0.2, -0.15) is 0 Å². The van der Waals surface area contributed by atoms with Gasteiger partial charge in [0.05, 0.1) is 12.2 Å². The largest absolute Gasteiger partial charge is 0.478 e. The zero-order chi connectivity index (χ0) is 10.6. The average Bonchev–Trinajstić information content (AvgIpc) is 2.15. The molecule has 0 heterocycles. The first kappa shape index (κ1) is 10.7. The molecule has 0 amide bonds. The second-order valence-electron chi connectivity index (χ2n) is 3.10. The van der Waals surface area contributed by atoms with Crippen LogP contribution in [0.5, 0.6) is 0 Å². The molecule has 0 aliphatic carbocycles. The topological polar surface area (TPSA) is 46.5 Å². The fraction of sp³-hybridized carbons (Fsp3) is 0.364. The summed E-state index contributed by atoms with van der Waals surface area (Å²) in [6.07, 6.45) is 0. The maximum Gasteiger partial charge on any atom is 0.336 e. The van der Waals surface area contributed by atoms with Crippen LogP contribution < -0.4 is 0 Å². The number of carboxylic acids is 1. The summed E-state index contributed by atoms with van der Waals surface area (Å²) >= 11 is 0. The third-order valence-electron chi connectivity index (χ3n) is 1.96. The molecule has 0 atom stereocenters. The molecule has 0 aromatic heterocycles. The molecule has 1 aromatic carbocycles. The van der Waals surface area contributed by atoms with E-state index < -0.39 is 5.97 Å². The number of ether oxygens (including phenoxy) is 1. The summed E-state index contributed by atoms with van der Waals surface area (Å²) in [7, 11) is 0.